The first-order chi connectivity index (χ1) is 16.2. The molecular formula is C25H28N6O3. The first-order valence-electron chi connectivity index (χ1n) is 11.0. The van der Waals surface area contributed by atoms with E-state index in [4.69, 9.17) is 4.74 Å². The minimum atomic E-state index is -0.852. The minimum Gasteiger partial charge on any atom is -0.444 e. The summed E-state index contributed by atoms with van der Waals surface area (Å²) in [5.41, 5.74) is 2.67. The molecule has 3 N–H and O–H groups in total. The molecule has 0 aliphatic carbocycles. The normalized spacial score (nSPS) is 12.4. The zero-order chi connectivity index (χ0) is 24.3. The third-order valence-electron chi connectivity index (χ3n) is 5.23. The summed E-state index contributed by atoms with van der Waals surface area (Å²) >= 11 is 0. The molecular weight excluding hydrogens is 432 g/mol. The van der Waals surface area contributed by atoms with Crippen LogP contribution in [-0.4, -0.2) is 43.4 Å². The maximum Gasteiger partial charge on any atom is 0.408 e. The molecule has 0 spiro atoms. The number of rotatable bonds is 6. The Hall–Kier alpha value is -4.14. The number of aryl methyl sites for hydroxylation is 1. The highest BCUT2D eigenvalue weighted by Gasteiger charge is 2.26. The molecule has 2 amide bonds. The van der Waals surface area contributed by atoms with Crippen LogP contribution in [0.25, 0.3) is 22.3 Å². The second kappa shape index (κ2) is 9.38. The number of H-pyrrole nitrogens is 1. The number of carbonyl (C=O) groups is 2. The van der Waals surface area contributed by atoms with Crippen molar-refractivity contribution in [3.63, 3.8) is 0 Å². The number of anilines is 1. The van der Waals surface area contributed by atoms with E-state index in [1.807, 2.05) is 54.2 Å². The number of amides is 2. The van der Waals surface area contributed by atoms with E-state index in [-0.39, 0.29) is 5.91 Å². The summed E-state index contributed by atoms with van der Waals surface area (Å²) in [6, 6.07) is 14.3. The number of para-hydroxylation sites is 1. The zero-order valence-electron chi connectivity index (χ0n) is 19.6. The van der Waals surface area contributed by atoms with Crippen LogP contribution in [-0.2, 0) is 23.0 Å². The van der Waals surface area contributed by atoms with E-state index in [2.05, 4.69) is 25.8 Å². The fraction of sp³-hybridized carbons (Fsp3) is 0.280. The zero-order valence-corrected chi connectivity index (χ0v) is 19.6. The van der Waals surface area contributed by atoms with E-state index in [9.17, 15) is 9.59 Å². The van der Waals surface area contributed by atoms with Crippen LogP contribution in [0, 0.1) is 0 Å². The number of ether oxygens (including phenoxy) is 1. The van der Waals surface area contributed by atoms with E-state index < -0.39 is 17.7 Å². The molecule has 0 aliphatic heterocycles. The Morgan fingerprint density at radius 1 is 1.15 bits per heavy atom. The van der Waals surface area contributed by atoms with E-state index in [0.717, 1.165) is 22.0 Å². The Kier molecular flexibility index (Phi) is 6.36. The predicted octanol–water partition coefficient (Wildman–Crippen LogP) is 4.04. The van der Waals surface area contributed by atoms with Gasteiger partial charge in [-0.1, -0.05) is 30.3 Å². The fourth-order valence-corrected chi connectivity index (χ4v) is 3.79. The van der Waals surface area contributed by atoms with Gasteiger partial charge < -0.3 is 19.9 Å². The van der Waals surface area contributed by atoms with Gasteiger partial charge in [-0.15, -0.1) is 0 Å². The highest BCUT2D eigenvalue weighted by atomic mass is 16.6. The first-order valence-corrected chi connectivity index (χ1v) is 11.0. The van der Waals surface area contributed by atoms with Crippen LogP contribution < -0.4 is 10.6 Å². The van der Waals surface area contributed by atoms with Crippen molar-refractivity contribution in [3.8, 4) is 11.4 Å². The van der Waals surface area contributed by atoms with E-state index in [0.29, 0.717) is 17.9 Å². The highest BCUT2D eigenvalue weighted by Crippen LogP contribution is 2.23. The van der Waals surface area contributed by atoms with Gasteiger partial charge in [0.2, 0.25) is 5.91 Å². The van der Waals surface area contributed by atoms with Crippen molar-refractivity contribution in [3.05, 3.63) is 66.6 Å². The van der Waals surface area contributed by atoms with Crippen LogP contribution in [0.2, 0.25) is 0 Å². The molecule has 0 aliphatic rings. The molecule has 9 nitrogen and oxygen atoms in total. The highest BCUT2D eigenvalue weighted by molar-refractivity contribution is 5.97. The number of hydrogen-bond donors (Lipinski definition) is 3. The van der Waals surface area contributed by atoms with Gasteiger partial charge in [0.15, 0.2) is 5.82 Å². The van der Waals surface area contributed by atoms with Gasteiger partial charge in [0, 0.05) is 41.8 Å². The Morgan fingerprint density at radius 2 is 1.94 bits per heavy atom. The molecule has 9 heteroatoms. The van der Waals surface area contributed by atoms with Crippen molar-refractivity contribution < 1.29 is 14.3 Å². The van der Waals surface area contributed by atoms with Crippen molar-refractivity contribution in [2.75, 3.05) is 5.32 Å². The SMILES string of the molecule is Cn1cc(C[C@H](NC(=O)OC(C)(C)C)C(=O)Nc2cccc(-c3ncn[nH]3)c2)c2ccccc21. The maximum atomic E-state index is 13.3. The molecule has 4 rings (SSSR count). The molecule has 0 fully saturated rings. The summed E-state index contributed by atoms with van der Waals surface area (Å²) in [6.07, 6.45) is 3.05. The number of nitrogens with one attached hydrogen (secondary N) is 3. The number of benzene rings is 2. The number of alkyl carbamates (subject to hydrolysis) is 1. The minimum absolute atomic E-state index is 0.300. The molecule has 0 saturated heterocycles. The second-order valence-corrected chi connectivity index (χ2v) is 9.09. The lowest BCUT2D eigenvalue weighted by Crippen LogP contribution is -2.47. The smallest absolute Gasteiger partial charge is 0.408 e. The molecule has 2 aromatic carbocycles. The van der Waals surface area contributed by atoms with Crippen LogP contribution in [0.3, 0.4) is 0 Å². The van der Waals surface area contributed by atoms with Gasteiger partial charge in [0.05, 0.1) is 0 Å². The third-order valence-corrected chi connectivity index (χ3v) is 5.23. The van der Waals surface area contributed by atoms with Crippen LogP contribution >= 0.6 is 0 Å². The Balaban J connectivity index is 1.59. The second-order valence-electron chi connectivity index (χ2n) is 9.09. The van der Waals surface area contributed by atoms with E-state index >= 15 is 0 Å². The van der Waals surface area contributed by atoms with E-state index in [1.165, 1.54) is 6.33 Å². The number of aromatic nitrogens is 4. The summed E-state index contributed by atoms with van der Waals surface area (Å²) in [4.78, 5) is 30.0. The Bertz CT molecular complexity index is 1300. The first kappa shape index (κ1) is 23.0. The van der Waals surface area contributed by atoms with Crippen molar-refractivity contribution in [2.45, 2.75) is 38.8 Å². The van der Waals surface area contributed by atoms with Crippen LogP contribution in [0.1, 0.15) is 26.3 Å². The summed E-state index contributed by atoms with van der Waals surface area (Å²) in [5, 5.41) is 13.4. The number of nitrogens with zero attached hydrogens (tertiary/aromatic N) is 3. The molecule has 34 heavy (non-hydrogen) atoms. The fourth-order valence-electron chi connectivity index (χ4n) is 3.79. The number of aromatic amines is 1. The molecule has 0 unspecified atom stereocenters. The van der Waals surface area contributed by atoms with Gasteiger partial charge in [0.1, 0.15) is 18.0 Å². The van der Waals surface area contributed by atoms with Gasteiger partial charge in [0.25, 0.3) is 0 Å². The molecule has 0 saturated carbocycles. The lowest BCUT2D eigenvalue weighted by molar-refractivity contribution is -0.118. The van der Waals surface area contributed by atoms with Crippen molar-refractivity contribution in [2.24, 2.45) is 7.05 Å². The number of fused-ring (bicyclic) bond motifs is 1. The quantitative estimate of drug-likeness (QED) is 0.402. The van der Waals surface area contributed by atoms with E-state index in [1.54, 1.807) is 32.9 Å². The number of carbonyl (C=O) groups excluding carboxylic acids is 2. The molecule has 4 aromatic rings. The van der Waals surface area contributed by atoms with Crippen LogP contribution in [0.15, 0.2) is 61.1 Å². The van der Waals surface area contributed by atoms with Gasteiger partial charge in [-0.3, -0.25) is 9.89 Å². The van der Waals surface area contributed by atoms with Crippen molar-refractivity contribution in [1.82, 2.24) is 25.1 Å². The predicted molar refractivity (Wildman–Crippen MR) is 130 cm³/mol. The monoisotopic (exact) mass is 460 g/mol. The summed E-state index contributed by atoms with van der Waals surface area (Å²) < 4.78 is 7.42. The lowest BCUT2D eigenvalue weighted by atomic mass is 10.0. The van der Waals surface area contributed by atoms with Crippen molar-refractivity contribution in [1.29, 1.82) is 0 Å². The average molecular weight is 461 g/mol. The number of hydrogen-bond acceptors (Lipinski definition) is 5. The van der Waals surface area contributed by atoms with Crippen LogP contribution in [0.4, 0.5) is 10.5 Å². The molecule has 2 aromatic heterocycles. The molecule has 2 heterocycles. The topological polar surface area (TPSA) is 114 Å². The largest absolute Gasteiger partial charge is 0.444 e. The molecule has 0 bridgehead atoms. The Labute approximate surface area is 197 Å². The lowest BCUT2D eigenvalue weighted by Gasteiger charge is -2.23. The Morgan fingerprint density at radius 3 is 2.68 bits per heavy atom. The summed E-state index contributed by atoms with van der Waals surface area (Å²) in [7, 11) is 1.96. The van der Waals surface area contributed by atoms with Gasteiger partial charge in [-0.05, 0) is 44.5 Å². The molecule has 0 radical (unpaired) electrons. The van der Waals surface area contributed by atoms with Gasteiger partial charge in [-0.2, -0.15) is 5.10 Å². The summed E-state index contributed by atoms with van der Waals surface area (Å²) in [5.74, 6) is 0.240. The molecule has 1 atom stereocenters. The van der Waals surface area contributed by atoms with Gasteiger partial charge >= 0.3 is 6.09 Å². The molecule has 176 valence electrons. The standard InChI is InChI=1S/C25H28N6O3/c1-25(2,3)34-24(33)29-20(13-17-14-31(4)21-11-6-5-10-19(17)21)23(32)28-18-9-7-8-16(12-18)22-26-15-27-30-22/h5-12,14-15,20H,13H2,1-4H3,(H,28,32)(H,29,33)(H,26,27,30)/t20-/m0/s1. The third kappa shape index (κ3) is 5.43. The average Bonchev–Trinajstić information content (AvgIpc) is 3.41. The van der Waals surface area contributed by atoms with Crippen molar-refractivity contribution >= 4 is 28.6 Å². The van der Waals surface area contributed by atoms with Crippen LogP contribution in [0.5, 0.6) is 0 Å². The van der Waals surface area contributed by atoms with Gasteiger partial charge in [-0.25, -0.2) is 9.78 Å². The summed E-state index contributed by atoms with van der Waals surface area (Å²) in [6.45, 7) is 5.34. The maximum absolute atomic E-state index is 13.3.